The van der Waals surface area contributed by atoms with Crippen molar-refractivity contribution in [3.63, 3.8) is 0 Å². The van der Waals surface area contributed by atoms with Gasteiger partial charge in [-0.2, -0.15) is 4.39 Å². The van der Waals surface area contributed by atoms with Crippen molar-refractivity contribution < 1.29 is 19.0 Å². The first-order valence-electron chi connectivity index (χ1n) is 17.1. The van der Waals surface area contributed by atoms with Crippen LogP contribution in [0.2, 0.25) is 5.02 Å². The van der Waals surface area contributed by atoms with Gasteiger partial charge in [0.1, 0.15) is 5.75 Å². The van der Waals surface area contributed by atoms with Crippen molar-refractivity contribution in [1.82, 2.24) is 9.71 Å². The second-order valence-electron chi connectivity index (χ2n) is 13.6. The molecule has 9 heteroatoms. The summed E-state index contributed by atoms with van der Waals surface area (Å²) in [7, 11) is -0.456. The minimum Gasteiger partial charge on any atom is -0.490 e. The van der Waals surface area contributed by atoms with Crippen LogP contribution in [0.5, 0.6) is 5.75 Å². The fourth-order valence-electron chi connectivity index (χ4n) is 6.99. The fraction of sp³-hybridized carbons (Fsp3) is 0.462. The van der Waals surface area contributed by atoms with Gasteiger partial charge in [-0.1, -0.05) is 73.2 Å². The molecule has 258 valence electrons. The molecule has 0 saturated heterocycles. The fourth-order valence-corrected chi connectivity index (χ4v) is 7.78. The standard InChI is InChI=1S/C33H43ClN2O3S.C6H6FN/c1-5-6-9-30(37)27-13-10-25(27)19-36-20-33(16-7-8-23-17-26(34)12-14-28(23)33)21-39-31-15-11-24(18-29(31)36)32(38)35-40(4)22(2)3;1-5-3-2-4-8-6(5)7/h6,9,11-12,14-15,17-18,22,25,27,30,37H,4-5,7-8,10,13,16,19-21H2,1-3H3,(H,35,38);2-4H,1H3/b9-6+;/t25?,27?,30?,33-,40?;/m0./s1. The van der Waals surface area contributed by atoms with E-state index in [9.17, 15) is 14.3 Å². The van der Waals surface area contributed by atoms with Crippen LogP contribution in [0.15, 0.2) is 66.9 Å². The minimum atomic E-state index is -0.456. The van der Waals surface area contributed by atoms with E-state index in [0.29, 0.717) is 23.7 Å². The van der Waals surface area contributed by atoms with Crippen LogP contribution >= 0.6 is 22.3 Å². The highest BCUT2D eigenvalue weighted by molar-refractivity contribution is 8.13. The van der Waals surface area contributed by atoms with Gasteiger partial charge in [0.05, 0.1) is 18.4 Å². The maximum Gasteiger partial charge on any atom is 0.260 e. The first kappa shape index (κ1) is 36.1. The Labute approximate surface area is 292 Å². The quantitative estimate of drug-likeness (QED) is 0.141. The molecule has 0 bridgehead atoms. The van der Waals surface area contributed by atoms with E-state index in [1.54, 1.807) is 19.1 Å². The highest BCUT2D eigenvalue weighted by atomic mass is 35.5. The molecule has 1 spiro atoms. The molecule has 1 aliphatic heterocycles. The molecule has 3 aromatic rings. The number of fused-ring (bicyclic) bond motifs is 3. The summed E-state index contributed by atoms with van der Waals surface area (Å²) in [5, 5.41) is 11.9. The molecule has 48 heavy (non-hydrogen) atoms. The number of aliphatic hydroxyl groups excluding tert-OH is 1. The first-order valence-corrected chi connectivity index (χ1v) is 18.9. The van der Waals surface area contributed by atoms with Crippen molar-refractivity contribution in [1.29, 1.82) is 0 Å². The number of nitrogens with one attached hydrogen (secondary N) is 1. The van der Waals surface area contributed by atoms with Gasteiger partial charge < -0.3 is 19.5 Å². The number of carbonyl (C=O) groups excluding carboxylic acids is 1. The van der Waals surface area contributed by atoms with E-state index in [1.807, 2.05) is 30.3 Å². The second kappa shape index (κ2) is 16.0. The number of carbonyl (C=O) groups is 1. The monoisotopic (exact) mass is 693 g/mol. The molecule has 1 saturated carbocycles. The molecule has 2 N–H and O–H groups in total. The largest absolute Gasteiger partial charge is 0.490 e. The van der Waals surface area contributed by atoms with Gasteiger partial charge >= 0.3 is 0 Å². The van der Waals surface area contributed by atoms with E-state index in [2.05, 4.69) is 59.5 Å². The molecule has 6 nitrogen and oxygen atoms in total. The van der Waals surface area contributed by atoms with E-state index in [4.69, 9.17) is 16.3 Å². The summed E-state index contributed by atoms with van der Waals surface area (Å²) in [6.45, 7) is 10.1. The molecule has 2 aromatic carbocycles. The molecule has 6 rings (SSSR count). The molecule has 4 unspecified atom stereocenters. The van der Waals surface area contributed by atoms with Gasteiger partial charge in [-0.05, 0) is 105 Å². The zero-order chi connectivity index (χ0) is 34.4. The zero-order valence-electron chi connectivity index (χ0n) is 28.6. The van der Waals surface area contributed by atoms with E-state index in [1.165, 1.54) is 17.3 Å². The number of allylic oxidation sites excluding steroid dienone is 1. The summed E-state index contributed by atoms with van der Waals surface area (Å²) < 4.78 is 21.9. The smallest absolute Gasteiger partial charge is 0.260 e. The third-order valence-electron chi connectivity index (χ3n) is 9.98. The zero-order valence-corrected chi connectivity index (χ0v) is 30.1. The summed E-state index contributed by atoms with van der Waals surface area (Å²) in [5.41, 5.74) is 4.64. The third kappa shape index (κ3) is 8.32. The molecular weight excluding hydrogens is 645 g/mol. The van der Waals surface area contributed by atoms with Gasteiger partial charge in [0.25, 0.3) is 5.91 Å². The molecular formula is C39H49ClFN3O3S. The van der Waals surface area contributed by atoms with Crippen LogP contribution in [0.1, 0.15) is 79.9 Å². The number of nitrogens with zero attached hydrogens (tertiary/aromatic N) is 2. The number of hydrogen-bond donors (Lipinski definition) is 2. The van der Waals surface area contributed by atoms with Gasteiger partial charge in [0, 0.05) is 46.1 Å². The summed E-state index contributed by atoms with van der Waals surface area (Å²) in [5.74, 6) is 5.08. The van der Waals surface area contributed by atoms with Crippen molar-refractivity contribution in [2.45, 2.75) is 83.0 Å². The van der Waals surface area contributed by atoms with Crippen molar-refractivity contribution in [3.8, 4) is 5.75 Å². The van der Waals surface area contributed by atoms with Crippen LogP contribution in [0.25, 0.3) is 0 Å². The molecule has 3 aliphatic rings. The number of rotatable bonds is 8. The predicted octanol–water partition coefficient (Wildman–Crippen LogP) is 8.45. The summed E-state index contributed by atoms with van der Waals surface area (Å²) in [6.07, 6.45) is 11.2. The number of halogens is 2. The summed E-state index contributed by atoms with van der Waals surface area (Å²) in [6, 6.07) is 15.5. The van der Waals surface area contributed by atoms with Crippen LogP contribution in [-0.2, 0) is 11.8 Å². The number of aliphatic hydroxyl groups is 1. The van der Waals surface area contributed by atoms with Crippen molar-refractivity contribution in [2.24, 2.45) is 11.8 Å². The minimum absolute atomic E-state index is 0.104. The Bertz CT molecular complexity index is 1630. The highest BCUT2D eigenvalue weighted by Crippen LogP contribution is 2.46. The van der Waals surface area contributed by atoms with Crippen LogP contribution in [0, 0.1) is 24.7 Å². The number of aryl methyl sites for hydroxylation is 2. The van der Waals surface area contributed by atoms with Crippen molar-refractivity contribution in [3.05, 3.63) is 100 Å². The Hall–Kier alpha value is -3.20. The second-order valence-corrected chi connectivity index (χ2v) is 16.1. The molecule has 2 heterocycles. The van der Waals surface area contributed by atoms with Crippen molar-refractivity contribution in [2.75, 3.05) is 24.6 Å². The lowest BCUT2D eigenvalue weighted by molar-refractivity contribution is 0.0456. The van der Waals surface area contributed by atoms with E-state index in [0.717, 1.165) is 68.1 Å². The third-order valence-corrected chi connectivity index (χ3v) is 11.8. The number of amides is 1. The maximum atomic E-state index is 13.2. The maximum absolute atomic E-state index is 13.2. The average Bonchev–Trinajstić information content (AvgIpc) is 3.20. The number of benzene rings is 2. The Morgan fingerprint density at radius 2 is 2.08 bits per heavy atom. The van der Waals surface area contributed by atoms with Gasteiger partial charge in [0.2, 0.25) is 5.95 Å². The van der Waals surface area contributed by atoms with Crippen LogP contribution in [0.3, 0.4) is 0 Å². The lowest BCUT2D eigenvalue weighted by Gasteiger charge is -2.45. The number of anilines is 1. The number of pyridine rings is 1. The number of aromatic nitrogens is 1. The highest BCUT2D eigenvalue weighted by Gasteiger charge is 2.44. The predicted molar refractivity (Wildman–Crippen MR) is 198 cm³/mol. The van der Waals surface area contributed by atoms with Gasteiger partial charge in [-0.25, -0.2) is 4.98 Å². The molecule has 2 aliphatic carbocycles. The molecule has 5 atom stereocenters. The average molecular weight is 694 g/mol. The van der Waals surface area contributed by atoms with Crippen LogP contribution < -0.4 is 14.4 Å². The van der Waals surface area contributed by atoms with Gasteiger partial charge in [-0.3, -0.25) is 4.79 Å². The number of hydrogen-bond acceptors (Lipinski definition) is 5. The lowest BCUT2D eigenvalue weighted by atomic mass is 9.68. The Morgan fingerprint density at radius 3 is 2.75 bits per heavy atom. The SMILES string of the molecule is C=S(NC(=O)c1ccc2c(c1)N(CC1CCC1C(O)/C=C/CC)C[C@@]1(CCCc3cc(Cl)ccc31)CO2)C(C)C.Cc1cccnc1F. The van der Waals surface area contributed by atoms with Crippen LogP contribution in [0.4, 0.5) is 10.1 Å². The normalized spacial score (nSPS) is 22.8. The van der Waals surface area contributed by atoms with E-state index in [-0.39, 0.29) is 28.4 Å². The van der Waals surface area contributed by atoms with E-state index >= 15 is 0 Å². The Morgan fingerprint density at radius 1 is 1.27 bits per heavy atom. The first-order chi connectivity index (χ1) is 23.0. The van der Waals surface area contributed by atoms with Gasteiger partial charge in [0.15, 0.2) is 0 Å². The number of ether oxygens (including phenoxy) is 1. The Balaban J connectivity index is 0.000000494. The molecule has 0 radical (unpaired) electrons. The summed E-state index contributed by atoms with van der Waals surface area (Å²) >= 11 is 6.40. The van der Waals surface area contributed by atoms with Gasteiger partial charge in [-0.15, -0.1) is 0 Å². The lowest BCUT2D eigenvalue weighted by Crippen LogP contribution is -2.49. The Kier molecular flexibility index (Phi) is 12.0. The molecule has 1 amide bonds. The molecule has 1 aromatic heterocycles. The molecule has 1 fully saturated rings. The van der Waals surface area contributed by atoms with E-state index < -0.39 is 16.8 Å². The summed E-state index contributed by atoms with van der Waals surface area (Å²) in [4.78, 5) is 19.1. The topological polar surface area (TPSA) is 74.7 Å². The van der Waals surface area contributed by atoms with Crippen molar-refractivity contribution >= 4 is 39.7 Å². The van der Waals surface area contributed by atoms with Crippen LogP contribution in [-0.4, -0.2) is 52.9 Å².